The lowest BCUT2D eigenvalue weighted by Crippen LogP contribution is -2.08. The molecule has 0 aromatic rings. The summed E-state index contributed by atoms with van der Waals surface area (Å²) in [6.45, 7) is 3.92. The van der Waals surface area contributed by atoms with Crippen LogP contribution in [0.5, 0.6) is 0 Å². The van der Waals surface area contributed by atoms with Gasteiger partial charge in [0.25, 0.3) is 0 Å². The van der Waals surface area contributed by atoms with E-state index in [1.807, 2.05) is 0 Å². The zero-order valence-corrected chi connectivity index (χ0v) is 20.4. The van der Waals surface area contributed by atoms with E-state index in [1.54, 1.807) is 0 Å². The number of rotatable bonds is 15. The van der Waals surface area contributed by atoms with Crippen molar-refractivity contribution in [2.45, 2.75) is 78.1 Å². The van der Waals surface area contributed by atoms with Gasteiger partial charge in [-0.1, -0.05) is 116 Å². The Kier molecular flexibility index (Phi) is 16.0. The normalized spacial score (nSPS) is 11.5. The number of alkyl halides is 2. The maximum absolute atomic E-state index is 10.8. The third kappa shape index (κ3) is 18.9. The molecule has 0 spiro atoms. The molecule has 5 heteroatoms. The fourth-order valence-electron chi connectivity index (χ4n) is 2.36. The number of carbonyl (C=O) groups excluding carboxylic acids is 1. The first-order valence-electron chi connectivity index (χ1n) is 8.63. The predicted octanol–water partition coefficient (Wildman–Crippen LogP) is 5.29. The summed E-state index contributed by atoms with van der Waals surface area (Å²) < 4.78 is 5.53. The number of halogens is 2. The molecular weight excluding hydrogens is 518 g/mol. The van der Waals surface area contributed by atoms with E-state index < -0.39 is 0 Å². The number of hydrogen-bond acceptors (Lipinski definition) is 2. The number of ether oxygens (including phenoxy) is 1. The highest BCUT2D eigenvalue weighted by Crippen LogP contribution is 2.29. The van der Waals surface area contributed by atoms with Gasteiger partial charge in [0.2, 0.25) is 0 Å². The van der Waals surface area contributed by atoms with Crippen LogP contribution in [0.25, 0.3) is 0 Å². The molecule has 0 rings (SSSR count). The van der Waals surface area contributed by atoms with E-state index >= 15 is 0 Å². The summed E-state index contributed by atoms with van der Waals surface area (Å²) in [5, 5.41) is 0. The minimum Gasteiger partial charge on any atom is -0.463 e. The Morgan fingerprint density at radius 1 is 0.909 bits per heavy atom. The molecule has 0 fully saturated rings. The van der Waals surface area contributed by atoms with E-state index in [0.717, 1.165) is 6.42 Å². The summed E-state index contributed by atoms with van der Waals surface area (Å²) in [5.41, 5.74) is 0. The van der Waals surface area contributed by atoms with Gasteiger partial charge in [0.1, 0.15) is 0 Å². The molecule has 0 saturated heterocycles. The number of hydrogen-bond donors (Lipinski definition) is 0. The highest BCUT2D eigenvalue weighted by atomic mass is 127. The predicted molar refractivity (Wildman–Crippen MR) is 117 cm³/mol. The Morgan fingerprint density at radius 2 is 1.32 bits per heavy atom. The van der Waals surface area contributed by atoms with Gasteiger partial charge in [-0.2, -0.15) is 0 Å². The van der Waals surface area contributed by atoms with E-state index in [1.165, 1.54) is 86.9 Å². The van der Waals surface area contributed by atoms with Gasteiger partial charge >= 0.3 is 5.97 Å². The molecule has 0 amide bonds. The smallest absolute Gasteiger partial charge is 0.330 e. The summed E-state index contributed by atoms with van der Waals surface area (Å²) in [5.74, 6) is -0.302. The summed E-state index contributed by atoms with van der Waals surface area (Å²) in [6.07, 6.45) is 17.1. The molecule has 130 valence electrons. The molecule has 0 bridgehead atoms. The van der Waals surface area contributed by atoms with Gasteiger partial charge in [0.15, 0.2) is 0 Å². The molecule has 0 heterocycles. The summed E-state index contributed by atoms with van der Waals surface area (Å²) in [4.78, 5) is 10.8. The van der Waals surface area contributed by atoms with Crippen molar-refractivity contribution in [2.75, 3.05) is 6.61 Å². The van der Waals surface area contributed by atoms with Crippen LogP contribution in [0.1, 0.15) is 77.0 Å². The quantitative estimate of drug-likeness (QED) is 0.0693. The molecule has 0 aromatic carbocycles. The van der Waals surface area contributed by atoms with Crippen LogP contribution in [-0.2, 0) is 9.53 Å². The van der Waals surface area contributed by atoms with Crippen LogP contribution in [0.2, 0.25) is 0 Å². The number of carbonyl (C=O) groups is 1. The van der Waals surface area contributed by atoms with Crippen molar-refractivity contribution in [2.24, 2.45) is 0 Å². The molecule has 2 nitrogen and oxygen atoms in total. The minimum atomic E-state index is -0.302. The van der Waals surface area contributed by atoms with E-state index in [-0.39, 0.29) is 5.97 Å². The first kappa shape index (κ1) is 22.9. The molecule has 0 unspecified atom stereocenters. The maximum Gasteiger partial charge on any atom is 0.330 e. The maximum atomic E-state index is 10.8. The Labute approximate surface area is 167 Å². The van der Waals surface area contributed by atoms with E-state index in [0.29, 0.717) is 7.66 Å². The van der Waals surface area contributed by atoms with E-state index in [9.17, 15) is 4.79 Å². The van der Waals surface area contributed by atoms with Crippen LogP contribution in [0.15, 0.2) is 12.7 Å². The first-order valence-corrected chi connectivity index (χ1v) is 11.8. The molecule has 0 aliphatic rings. The highest BCUT2D eigenvalue weighted by molar-refractivity contribution is 14.2. The summed E-state index contributed by atoms with van der Waals surface area (Å²) >= 11 is 5.19. The number of esters is 1. The van der Waals surface area contributed by atoms with Crippen LogP contribution >= 0.6 is 45.2 Å². The summed E-state index contributed by atoms with van der Waals surface area (Å²) in [7, 11) is 1.29. The van der Waals surface area contributed by atoms with Crippen molar-refractivity contribution < 1.29 is 9.53 Å². The van der Waals surface area contributed by atoms with Crippen molar-refractivity contribution >= 4 is 61.4 Å². The van der Waals surface area contributed by atoms with Gasteiger partial charge in [0, 0.05) is 16.3 Å². The van der Waals surface area contributed by atoms with Crippen LogP contribution < -0.4 is 0 Å². The second kappa shape index (κ2) is 15.4. The third-order valence-electron chi connectivity index (χ3n) is 3.67. The van der Waals surface area contributed by atoms with E-state index in [4.69, 9.17) is 4.74 Å². The minimum absolute atomic E-state index is 0.302. The second-order valence-electron chi connectivity index (χ2n) is 6.08. The molecule has 0 aliphatic heterocycles. The molecule has 0 aliphatic carbocycles. The van der Waals surface area contributed by atoms with Crippen molar-refractivity contribution in [1.82, 2.24) is 0 Å². The monoisotopic (exact) mass is 550 g/mol. The first-order chi connectivity index (χ1) is 10.5. The Morgan fingerprint density at radius 3 is 1.73 bits per heavy atom. The van der Waals surface area contributed by atoms with Gasteiger partial charge < -0.3 is 4.74 Å². The SMILES string of the molecule is C=CC(=O)OCCCCCCCCCCCCCC([SiH3])(I)I. The number of unbranched alkanes of at least 4 members (excludes halogenated alkanes) is 10. The van der Waals surface area contributed by atoms with Gasteiger partial charge in [-0.25, -0.2) is 4.79 Å². The van der Waals surface area contributed by atoms with Crippen LogP contribution in [0.4, 0.5) is 0 Å². The standard InChI is InChI=1S/C17H32I2O2Si/c1-2-16(20)21-15-13-11-9-7-5-3-4-6-8-10-12-14-17(18,19)22/h2H,1,3-15H2,22H3. The zero-order valence-electron chi connectivity index (χ0n) is 14.0. The van der Waals surface area contributed by atoms with Crippen molar-refractivity contribution in [3.05, 3.63) is 12.7 Å². The molecule has 0 atom stereocenters. The Hall–Kier alpha value is 0.887. The molecule has 22 heavy (non-hydrogen) atoms. The molecular formula is C17H32I2O2Si. The molecule has 0 aromatic heterocycles. The van der Waals surface area contributed by atoms with E-state index in [2.05, 4.69) is 51.8 Å². The molecule has 0 saturated carbocycles. The largest absolute Gasteiger partial charge is 0.463 e. The third-order valence-corrected chi connectivity index (χ3v) is 5.25. The topological polar surface area (TPSA) is 26.3 Å². The average Bonchev–Trinajstić information content (AvgIpc) is 2.46. The van der Waals surface area contributed by atoms with Crippen LogP contribution in [0.3, 0.4) is 0 Å². The second-order valence-corrected chi connectivity index (χ2v) is 18.7. The van der Waals surface area contributed by atoms with Gasteiger partial charge in [-0.05, 0) is 12.8 Å². The van der Waals surface area contributed by atoms with Gasteiger partial charge in [0.05, 0.1) is 7.66 Å². The van der Waals surface area contributed by atoms with Crippen LogP contribution in [0, 0.1) is 0 Å². The van der Waals surface area contributed by atoms with Crippen molar-refractivity contribution in [3.8, 4) is 0 Å². The Bertz CT molecular complexity index is 291. The van der Waals surface area contributed by atoms with Crippen molar-refractivity contribution in [1.29, 1.82) is 0 Å². The molecule has 0 N–H and O–H groups in total. The summed E-state index contributed by atoms with van der Waals surface area (Å²) in [6, 6.07) is 0. The lowest BCUT2D eigenvalue weighted by atomic mass is 10.1. The highest BCUT2D eigenvalue weighted by Gasteiger charge is 2.12. The zero-order chi connectivity index (χ0) is 16.7. The lowest BCUT2D eigenvalue weighted by Gasteiger charge is -2.13. The van der Waals surface area contributed by atoms with Crippen molar-refractivity contribution in [3.63, 3.8) is 0 Å². The van der Waals surface area contributed by atoms with Gasteiger partial charge in [-0.3, -0.25) is 0 Å². The Balaban J connectivity index is 3.09. The fourth-order valence-corrected chi connectivity index (χ4v) is 3.48. The molecule has 0 radical (unpaired) electrons. The lowest BCUT2D eigenvalue weighted by molar-refractivity contribution is -0.137. The van der Waals surface area contributed by atoms with Crippen LogP contribution in [-0.4, -0.2) is 23.9 Å². The average molecular weight is 550 g/mol. The fraction of sp³-hybridized carbons (Fsp3) is 0.824. The van der Waals surface area contributed by atoms with Gasteiger partial charge in [-0.15, -0.1) is 0 Å².